The maximum Gasteiger partial charge on any atom is 0.252 e. The molecule has 1 atom stereocenters. The van der Waals surface area contributed by atoms with Gasteiger partial charge in [0.05, 0.1) is 10.9 Å². The van der Waals surface area contributed by atoms with E-state index in [1.54, 1.807) is 32.0 Å². The summed E-state index contributed by atoms with van der Waals surface area (Å²) in [5.74, 6) is -0.740. The van der Waals surface area contributed by atoms with Gasteiger partial charge in [0.2, 0.25) is 10.0 Å². The number of aryl methyl sites for hydroxylation is 1. The monoisotopic (exact) mass is 350 g/mol. The van der Waals surface area contributed by atoms with Gasteiger partial charge in [0.15, 0.2) is 0 Å². The molecule has 2 N–H and O–H groups in total. The Morgan fingerprint density at radius 2 is 1.75 bits per heavy atom. The maximum atomic E-state index is 13.0. The summed E-state index contributed by atoms with van der Waals surface area (Å²) in [5.41, 5.74) is 1.69. The van der Waals surface area contributed by atoms with E-state index >= 15 is 0 Å². The van der Waals surface area contributed by atoms with Crippen LogP contribution < -0.4 is 10.0 Å². The number of hydrogen-bond donors (Lipinski definition) is 2. The van der Waals surface area contributed by atoms with Crippen LogP contribution in [0.5, 0.6) is 0 Å². The van der Waals surface area contributed by atoms with Crippen molar-refractivity contribution in [3.05, 3.63) is 65.0 Å². The molecule has 0 saturated heterocycles. The van der Waals surface area contributed by atoms with E-state index in [1.165, 1.54) is 31.3 Å². The Labute approximate surface area is 141 Å². The predicted octanol–water partition coefficient (Wildman–Crippen LogP) is 2.53. The van der Waals surface area contributed by atoms with E-state index in [9.17, 15) is 17.6 Å². The van der Waals surface area contributed by atoms with Crippen LogP contribution in [0.3, 0.4) is 0 Å². The lowest BCUT2D eigenvalue weighted by molar-refractivity contribution is 0.0939. The van der Waals surface area contributed by atoms with Crippen molar-refractivity contribution < 1.29 is 17.6 Å². The molecule has 0 aliphatic carbocycles. The Hall–Kier alpha value is -2.25. The highest BCUT2D eigenvalue weighted by molar-refractivity contribution is 7.89. The molecule has 0 spiro atoms. The summed E-state index contributed by atoms with van der Waals surface area (Å²) in [5, 5.41) is 2.79. The van der Waals surface area contributed by atoms with Crippen LogP contribution in [0.4, 0.5) is 4.39 Å². The summed E-state index contributed by atoms with van der Waals surface area (Å²) in [6.45, 7) is 3.50. The highest BCUT2D eigenvalue weighted by atomic mass is 32.2. The van der Waals surface area contributed by atoms with Gasteiger partial charge >= 0.3 is 0 Å². The van der Waals surface area contributed by atoms with Crippen LogP contribution in [0.15, 0.2) is 47.4 Å². The van der Waals surface area contributed by atoms with E-state index in [1.807, 2.05) is 0 Å². The summed E-state index contributed by atoms with van der Waals surface area (Å²) in [4.78, 5) is 12.5. The highest BCUT2D eigenvalue weighted by Gasteiger charge is 2.18. The van der Waals surface area contributed by atoms with E-state index in [2.05, 4.69) is 10.0 Å². The number of nitrogens with one attached hydrogen (secondary N) is 2. The van der Waals surface area contributed by atoms with Crippen LogP contribution in [-0.4, -0.2) is 21.4 Å². The third-order valence-corrected chi connectivity index (χ3v) is 5.16. The van der Waals surface area contributed by atoms with Gasteiger partial charge in [0, 0.05) is 5.56 Å². The van der Waals surface area contributed by atoms with Gasteiger partial charge in [0.1, 0.15) is 5.82 Å². The third-order valence-electron chi connectivity index (χ3n) is 3.75. The summed E-state index contributed by atoms with van der Waals surface area (Å²) in [6.07, 6.45) is 0. The molecule has 0 bridgehead atoms. The average Bonchev–Trinajstić information content (AvgIpc) is 2.55. The quantitative estimate of drug-likeness (QED) is 0.870. The molecule has 0 unspecified atom stereocenters. The fourth-order valence-electron chi connectivity index (χ4n) is 2.24. The van der Waals surface area contributed by atoms with Gasteiger partial charge in [-0.05, 0) is 56.3 Å². The van der Waals surface area contributed by atoms with Crippen molar-refractivity contribution in [3.63, 3.8) is 0 Å². The summed E-state index contributed by atoms with van der Waals surface area (Å²) < 4.78 is 39.0. The Bertz CT molecular complexity index is 849. The number of amides is 1. The van der Waals surface area contributed by atoms with Crippen LogP contribution in [0.2, 0.25) is 0 Å². The molecule has 0 aliphatic rings. The average molecular weight is 350 g/mol. The van der Waals surface area contributed by atoms with Crippen molar-refractivity contribution in [2.75, 3.05) is 7.05 Å². The van der Waals surface area contributed by atoms with Gasteiger partial charge in [-0.3, -0.25) is 4.79 Å². The first-order valence-corrected chi connectivity index (χ1v) is 8.83. The summed E-state index contributed by atoms with van der Waals surface area (Å²) in [7, 11) is -2.32. The molecular weight excluding hydrogens is 331 g/mol. The van der Waals surface area contributed by atoms with E-state index in [0.717, 1.165) is 5.56 Å². The zero-order chi connectivity index (χ0) is 17.9. The number of carbonyl (C=O) groups excluding carboxylic acids is 1. The van der Waals surface area contributed by atoms with Crippen molar-refractivity contribution in [2.24, 2.45) is 0 Å². The van der Waals surface area contributed by atoms with E-state index < -0.39 is 15.9 Å². The third kappa shape index (κ3) is 3.98. The second-order valence-electron chi connectivity index (χ2n) is 5.43. The minimum atomic E-state index is -3.63. The first-order chi connectivity index (χ1) is 11.2. The molecule has 2 rings (SSSR count). The molecule has 0 aliphatic heterocycles. The van der Waals surface area contributed by atoms with Crippen LogP contribution in [0, 0.1) is 12.7 Å². The number of halogens is 1. The number of sulfonamides is 1. The summed E-state index contributed by atoms with van der Waals surface area (Å²) >= 11 is 0. The first-order valence-electron chi connectivity index (χ1n) is 7.35. The van der Waals surface area contributed by atoms with Gasteiger partial charge in [0.25, 0.3) is 5.91 Å². The minimum Gasteiger partial charge on any atom is -0.346 e. The van der Waals surface area contributed by atoms with Crippen molar-refractivity contribution >= 4 is 15.9 Å². The normalized spacial score (nSPS) is 12.7. The molecular formula is C17H19FN2O3S. The van der Waals surface area contributed by atoms with Crippen LogP contribution >= 0.6 is 0 Å². The molecule has 0 heterocycles. The lowest BCUT2D eigenvalue weighted by Gasteiger charge is -2.16. The Morgan fingerprint density at radius 1 is 1.12 bits per heavy atom. The van der Waals surface area contributed by atoms with Crippen LogP contribution in [0.1, 0.15) is 34.5 Å². The Kier molecular flexibility index (Phi) is 5.36. The topological polar surface area (TPSA) is 75.3 Å². The second kappa shape index (κ2) is 7.11. The molecule has 0 saturated carbocycles. The maximum absolute atomic E-state index is 13.0. The number of hydrogen-bond acceptors (Lipinski definition) is 3. The molecule has 2 aromatic carbocycles. The molecule has 7 heteroatoms. The fourth-order valence-corrected chi connectivity index (χ4v) is 3.00. The van der Waals surface area contributed by atoms with Gasteiger partial charge in [-0.2, -0.15) is 0 Å². The lowest BCUT2D eigenvalue weighted by atomic mass is 10.1. The molecule has 128 valence electrons. The predicted molar refractivity (Wildman–Crippen MR) is 89.7 cm³/mol. The standard InChI is InChI=1S/C17H19FN2O3S/c1-11-4-9-15(24(22,23)19-3)10-16(11)17(21)20-12(2)13-5-7-14(18)8-6-13/h4-10,12,19H,1-3H3,(H,20,21)/t12-/m1/s1. The van der Waals surface area contributed by atoms with Gasteiger partial charge in [-0.25, -0.2) is 17.5 Å². The largest absolute Gasteiger partial charge is 0.346 e. The van der Waals surface area contributed by atoms with Crippen molar-refractivity contribution in [1.29, 1.82) is 0 Å². The molecule has 1 amide bonds. The SMILES string of the molecule is CNS(=O)(=O)c1ccc(C)c(C(=O)N[C@H](C)c2ccc(F)cc2)c1. The Balaban J connectivity index is 2.26. The Morgan fingerprint density at radius 3 is 2.33 bits per heavy atom. The molecule has 0 radical (unpaired) electrons. The van der Waals surface area contributed by atoms with Crippen LogP contribution in [-0.2, 0) is 10.0 Å². The molecule has 24 heavy (non-hydrogen) atoms. The highest BCUT2D eigenvalue weighted by Crippen LogP contribution is 2.18. The second-order valence-corrected chi connectivity index (χ2v) is 7.32. The minimum absolute atomic E-state index is 0.0233. The van der Waals surface area contributed by atoms with Gasteiger partial charge in [-0.1, -0.05) is 18.2 Å². The summed E-state index contributed by atoms with van der Waals surface area (Å²) in [6, 6.07) is 9.86. The van der Waals surface area contributed by atoms with Gasteiger partial charge < -0.3 is 5.32 Å². The van der Waals surface area contributed by atoms with E-state index in [0.29, 0.717) is 5.56 Å². The van der Waals surface area contributed by atoms with Crippen molar-refractivity contribution in [3.8, 4) is 0 Å². The number of carbonyl (C=O) groups is 1. The van der Waals surface area contributed by atoms with Crippen molar-refractivity contribution in [2.45, 2.75) is 24.8 Å². The van der Waals surface area contributed by atoms with Crippen molar-refractivity contribution in [1.82, 2.24) is 10.0 Å². The van der Waals surface area contributed by atoms with Crippen LogP contribution in [0.25, 0.3) is 0 Å². The smallest absolute Gasteiger partial charge is 0.252 e. The van der Waals surface area contributed by atoms with E-state index in [-0.39, 0.29) is 22.3 Å². The molecule has 0 fully saturated rings. The lowest BCUT2D eigenvalue weighted by Crippen LogP contribution is -2.28. The zero-order valence-corrected chi connectivity index (χ0v) is 14.4. The first kappa shape index (κ1) is 18.1. The zero-order valence-electron chi connectivity index (χ0n) is 13.6. The fraction of sp³-hybridized carbons (Fsp3) is 0.235. The number of benzene rings is 2. The number of rotatable bonds is 5. The van der Waals surface area contributed by atoms with E-state index in [4.69, 9.17) is 0 Å². The van der Waals surface area contributed by atoms with Gasteiger partial charge in [-0.15, -0.1) is 0 Å². The molecule has 0 aromatic heterocycles. The molecule has 2 aromatic rings. The molecule has 5 nitrogen and oxygen atoms in total.